The lowest BCUT2D eigenvalue weighted by atomic mass is 9.59. The fourth-order valence-corrected chi connectivity index (χ4v) is 4.20. The van der Waals surface area contributed by atoms with Gasteiger partial charge in [-0.2, -0.15) is 5.26 Å². The first kappa shape index (κ1) is 18.5. The molecular weight excluding hydrogens is 300 g/mol. The highest BCUT2D eigenvalue weighted by molar-refractivity contribution is 5.76. The fraction of sp³-hybridized carbons (Fsp3) is 0.600. The number of rotatable bonds is 5. The van der Waals surface area contributed by atoms with Crippen LogP contribution in [-0.4, -0.2) is 32.2 Å². The molecule has 0 bridgehead atoms. The molecular formula is C20H29N2O2+. The lowest BCUT2D eigenvalue weighted by Gasteiger charge is -2.48. The number of hydrogen-bond donors (Lipinski definition) is 1. The van der Waals surface area contributed by atoms with Crippen LogP contribution in [-0.2, 0) is 16.0 Å². The summed E-state index contributed by atoms with van der Waals surface area (Å²) >= 11 is 0. The van der Waals surface area contributed by atoms with Crippen LogP contribution in [0.15, 0.2) is 30.3 Å². The molecule has 24 heavy (non-hydrogen) atoms. The van der Waals surface area contributed by atoms with E-state index in [0.29, 0.717) is 12.6 Å². The first-order valence-corrected chi connectivity index (χ1v) is 8.87. The number of esters is 1. The summed E-state index contributed by atoms with van der Waals surface area (Å²) in [7, 11) is 2.19. The zero-order chi connectivity index (χ0) is 17.7. The van der Waals surface area contributed by atoms with Crippen LogP contribution < -0.4 is 4.90 Å². The molecule has 1 aromatic rings. The van der Waals surface area contributed by atoms with Crippen molar-refractivity contribution in [3.05, 3.63) is 35.9 Å². The van der Waals surface area contributed by atoms with Gasteiger partial charge in [0.05, 0.1) is 32.3 Å². The van der Waals surface area contributed by atoms with Gasteiger partial charge in [0.25, 0.3) is 0 Å². The summed E-state index contributed by atoms with van der Waals surface area (Å²) in [5.41, 5.74) is 0.807. The third kappa shape index (κ3) is 3.62. The van der Waals surface area contributed by atoms with E-state index in [1.807, 2.05) is 18.2 Å². The predicted octanol–water partition coefficient (Wildman–Crippen LogP) is 1.86. The molecule has 1 unspecified atom stereocenters. The molecule has 4 nitrogen and oxygen atoms in total. The molecule has 0 aromatic heterocycles. The molecule has 0 aliphatic carbocycles. The average molecular weight is 329 g/mol. The van der Waals surface area contributed by atoms with Crippen LogP contribution in [0.3, 0.4) is 0 Å². The number of ether oxygens (including phenoxy) is 1. The number of nitrogens with zero attached hydrogens (tertiary/aromatic N) is 1. The zero-order valence-corrected chi connectivity index (χ0v) is 15.2. The van der Waals surface area contributed by atoms with Gasteiger partial charge >= 0.3 is 5.97 Å². The van der Waals surface area contributed by atoms with Crippen molar-refractivity contribution in [1.29, 1.82) is 5.26 Å². The van der Waals surface area contributed by atoms with E-state index in [-0.39, 0.29) is 17.3 Å². The van der Waals surface area contributed by atoms with E-state index >= 15 is 0 Å². The van der Waals surface area contributed by atoms with Crippen LogP contribution in [0.1, 0.15) is 32.8 Å². The summed E-state index contributed by atoms with van der Waals surface area (Å²) in [5, 5.41) is 9.83. The van der Waals surface area contributed by atoms with Crippen LogP contribution in [0.5, 0.6) is 0 Å². The number of benzene rings is 1. The van der Waals surface area contributed by atoms with E-state index < -0.39 is 5.92 Å². The van der Waals surface area contributed by atoms with Crippen molar-refractivity contribution in [2.24, 2.45) is 17.3 Å². The molecule has 5 atom stereocenters. The number of carbonyl (C=O) groups excluding carboxylic acids is 1. The Bertz CT molecular complexity index is 595. The van der Waals surface area contributed by atoms with Gasteiger partial charge in [0.15, 0.2) is 5.92 Å². The minimum Gasteiger partial charge on any atom is -0.465 e. The lowest BCUT2D eigenvalue weighted by molar-refractivity contribution is -0.916. The Labute approximate surface area is 145 Å². The fourth-order valence-electron chi connectivity index (χ4n) is 4.20. The van der Waals surface area contributed by atoms with Gasteiger partial charge in [-0.3, -0.25) is 4.79 Å². The van der Waals surface area contributed by atoms with Crippen LogP contribution in [0.25, 0.3) is 0 Å². The Morgan fingerprint density at radius 2 is 2.08 bits per heavy atom. The van der Waals surface area contributed by atoms with Gasteiger partial charge in [-0.15, -0.1) is 0 Å². The van der Waals surface area contributed by atoms with E-state index in [4.69, 9.17) is 4.74 Å². The summed E-state index contributed by atoms with van der Waals surface area (Å²) in [5.74, 6) is -0.819. The van der Waals surface area contributed by atoms with E-state index in [1.165, 1.54) is 10.5 Å². The van der Waals surface area contributed by atoms with Crippen molar-refractivity contribution >= 4 is 5.97 Å². The molecule has 1 aliphatic rings. The summed E-state index contributed by atoms with van der Waals surface area (Å²) < 4.78 is 5.25. The largest absolute Gasteiger partial charge is 0.465 e. The molecule has 1 saturated heterocycles. The maximum atomic E-state index is 12.6. The molecule has 4 heteroatoms. The summed E-state index contributed by atoms with van der Waals surface area (Å²) in [4.78, 5) is 14.0. The number of quaternary nitrogens is 1. The topological polar surface area (TPSA) is 54.5 Å². The van der Waals surface area contributed by atoms with Gasteiger partial charge in [-0.25, -0.2) is 0 Å². The first-order valence-electron chi connectivity index (χ1n) is 8.87. The maximum Gasteiger partial charge on any atom is 0.323 e. The smallest absolute Gasteiger partial charge is 0.323 e. The van der Waals surface area contributed by atoms with E-state index in [9.17, 15) is 10.1 Å². The van der Waals surface area contributed by atoms with Gasteiger partial charge in [0.2, 0.25) is 0 Å². The van der Waals surface area contributed by atoms with Crippen LogP contribution in [0, 0.1) is 28.6 Å². The van der Waals surface area contributed by atoms with Gasteiger partial charge in [0.1, 0.15) is 0 Å². The Morgan fingerprint density at radius 3 is 2.67 bits per heavy atom. The van der Waals surface area contributed by atoms with Gasteiger partial charge < -0.3 is 9.64 Å². The van der Waals surface area contributed by atoms with Gasteiger partial charge in [0, 0.05) is 17.8 Å². The average Bonchev–Trinajstić information content (AvgIpc) is 2.55. The molecule has 0 saturated carbocycles. The highest BCUT2D eigenvalue weighted by atomic mass is 16.5. The Kier molecular flexibility index (Phi) is 6.01. The molecule has 1 N–H and O–H groups in total. The zero-order valence-electron chi connectivity index (χ0n) is 15.2. The van der Waals surface area contributed by atoms with Gasteiger partial charge in [-0.1, -0.05) is 37.3 Å². The van der Waals surface area contributed by atoms with Crippen molar-refractivity contribution in [3.8, 4) is 6.07 Å². The summed E-state index contributed by atoms with van der Waals surface area (Å²) in [6, 6.07) is 12.9. The van der Waals surface area contributed by atoms with Crippen molar-refractivity contribution in [2.45, 2.75) is 39.7 Å². The Morgan fingerprint density at radius 1 is 1.42 bits per heavy atom. The lowest BCUT2D eigenvalue weighted by Crippen LogP contribution is -3.15. The van der Waals surface area contributed by atoms with Crippen LogP contribution >= 0.6 is 0 Å². The third-order valence-electron chi connectivity index (χ3n) is 5.74. The minimum absolute atomic E-state index is 0.267. The standard InChI is InChI=1S/C20H28N2O2/c1-5-24-19(23)18(13-21)20(12-17-9-7-6-8-10-17)11-16(3)22(4)14-15(20)2/h6-10,15-16,18H,5,11-12,14H2,1-4H3/p+1/t15-,16-,18+,20-/m0/s1. The number of nitriles is 1. The number of likely N-dealkylation sites (tertiary alicyclic amines) is 1. The van der Waals surface area contributed by atoms with Crippen molar-refractivity contribution in [1.82, 2.24) is 0 Å². The quantitative estimate of drug-likeness (QED) is 0.839. The molecule has 0 amide bonds. The second-order valence-corrected chi connectivity index (χ2v) is 7.27. The normalized spacial score (nSPS) is 31.0. The molecule has 2 rings (SSSR count). The van der Waals surface area contributed by atoms with E-state index in [2.05, 4.69) is 39.1 Å². The highest BCUT2D eigenvalue weighted by Gasteiger charge is 2.53. The van der Waals surface area contributed by atoms with Crippen LogP contribution in [0.4, 0.5) is 0 Å². The maximum absolute atomic E-state index is 12.6. The van der Waals surface area contributed by atoms with Crippen molar-refractivity contribution < 1.29 is 14.4 Å². The number of piperidine rings is 1. The molecule has 130 valence electrons. The number of hydrogen-bond acceptors (Lipinski definition) is 3. The van der Waals surface area contributed by atoms with Crippen molar-refractivity contribution in [2.75, 3.05) is 20.2 Å². The number of nitrogens with one attached hydrogen (secondary N) is 1. The molecule has 1 aliphatic heterocycles. The molecule has 1 fully saturated rings. The first-order chi connectivity index (χ1) is 11.4. The number of carbonyl (C=O) groups is 1. The summed E-state index contributed by atoms with van der Waals surface area (Å²) in [6.07, 6.45) is 1.59. The monoisotopic (exact) mass is 329 g/mol. The Balaban J connectivity index is 2.44. The van der Waals surface area contributed by atoms with E-state index in [1.54, 1.807) is 6.92 Å². The van der Waals surface area contributed by atoms with Crippen molar-refractivity contribution in [3.63, 3.8) is 0 Å². The van der Waals surface area contributed by atoms with Crippen LogP contribution in [0.2, 0.25) is 0 Å². The second-order valence-electron chi connectivity index (χ2n) is 7.27. The van der Waals surface area contributed by atoms with E-state index in [0.717, 1.165) is 19.4 Å². The second kappa shape index (κ2) is 7.81. The molecule has 0 spiro atoms. The van der Waals surface area contributed by atoms with Gasteiger partial charge in [-0.05, 0) is 25.8 Å². The predicted molar refractivity (Wildman–Crippen MR) is 93.3 cm³/mol. The SMILES string of the molecule is CCOC(=O)[C@@H](C#N)[C@]1(Cc2ccccc2)C[C@H](C)[NH+](C)C[C@@H]1C. The summed E-state index contributed by atoms with van der Waals surface area (Å²) in [6.45, 7) is 7.46. The molecule has 0 radical (unpaired) electrons. The molecule has 1 heterocycles. The molecule has 1 aromatic carbocycles. The highest BCUT2D eigenvalue weighted by Crippen LogP contribution is 2.45. The third-order valence-corrected chi connectivity index (χ3v) is 5.74. The minimum atomic E-state index is -0.719. The Hall–Kier alpha value is -1.86.